The Morgan fingerprint density at radius 2 is 1.65 bits per heavy atom. The average Bonchev–Trinajstić information content (AvgIpc) is 2.44. The summed E-state index contributed by atoms with van der Waals surface area (Å²) in [5, 5.41) is 29.2. The Bertz CT molecular complexity index is 677. The number of benzene rings is 2. The first-order chi connectivity index (χ1) is 9.50. The summed E-state index contributed by atoms with van der Waals surface area (Å²) < 4.78 is 5.38. The molecule has 5 nitrogen and oxygen atoms in total. The molecule has 0 radical (unpaired) electrons. The van der Waals surface area contributed by atoms with E-state index in [1.807, 2.05) is 0 Å². The van der Waals surface area contributed by atoms with E-state index in [9.17, 15) is 20.1 Å². The number of ketones is 1. The van der Waals surface area contributed by atoms with E-state index in [-0.39, 0.29) is 29.4 Å². The second kappa shape index (κ2) is 4.25. The van der Waals surface area contributed by atoms with Crippen molar-refractivity contribution in [2.24, 2.45) is 0 Å². The molecular formula is C15H12O5. The van der Waals surface area contributed by atoms with E-state index in [0.717, 1.165) is 0 Å². The molecule has 0 spiro atoms. The predicted octanol–water partition coefficient (Wildman–Crippen LogP) is 1.56. The normalized spacial score (nSPS) is 21.1. The average molecular weight is 272 g/mol. The number of phenolic OH excluding ortho intramolecular Hbond substituents is 2. The third kappa shape index (κ3) is 1.80. The standard InChI is InChI=1S/C15H12O5/c16-10-3-1-9(2-4-10)15(19)8-20-13-7-11(17)5-6-12(13)14(15)18/h1-7,16-17,19H,8H2/t15-/m1/s1. The van der Waals surface area contributed by atoms with Gasteiger partial charge in [-0.2, -0.15) is 0 Å². The molecule has 20 heavy (non-hydrogen) atoms. The summed E-state index contributed by atoms with van der Waals surface area (Å²) in [4.78, 5) is 12.5. The second-order valence-electron chi connectivity index (χ2n) is 4.71. The van der Waals surface area contributed by atoms with Crippen molar-refractivity contribution in [2.75, 3.05) is 6.61 Å². The van der Waals surface area contributed by atoms with E-state index in [0.29, 0.717) is 5.56 Å². The lowest BCUT2D eigenvalue weighted by atomic mass is 9.84. The molecular weight excluding hydrogens is 260 g/mol. The molecule has 0 amide bonds. The quantitative estimate of drug-likeness (QED) is 0.733. The topological polar surface area (TPSA) is 87.0 Å². The van der Waals surface area contributed by atoms with E-state index in [2.05, 4.69) is 0 Å². The number of carbonyl (C=O) groups is 1. The van der Waals surface area contributed by atoms with Gasteiger partial charge in [-0.25, -0.2) is 0 Å². The molecule has 5 heteroatoms. The van der Waals surface area contributed by atoms with Crippen molar-refractivity contribution in [2.45, 2.75) is 5.60 Å². The predicted molar refractivity (Wildman–Crippen MR) is 69.9 cm³/mol. The number of rotatable bonds is 1. The third-order valence-electron chi connectivity index (χ3n) is 3.37. The van der Waals surface area contributed by atoms with Gasteiger partial charge in [0.15, 0.2) is 5.60 Å². The molecule has 3 rings (SSSR count). The first-order valence-corrected chi connectivity index (χ1v) is 6.03. The van der Waals surface area contributed by atoms with Crippen molar-refractivity contribution >= 4 is 5.78 Å². The highest BCUT2D eigenvalue weighted by Crippen LogP contribution is 2.37. The van der Waals surface area contributed by atoms with Gasteiger partial charge in [0.05, 0.1) is 5.56 Å². The number of Topliss-reactive ketones (excluding diaryl/α,β-unsaturated/α-hetero) is 1. The van der Waals surface area contributed by atoms with Crippen LogP contribution in [0.3, 0.4) is 0 Å². The number of fused-ring (bicyclic) bond motifs is 1. The smallest absolute Gasteiger partial charge is 0.206 e. The van der Waals surface area contributed by atoms with Crippen molar-refractivity contribution in [3.05, 3.63) is 53.6 Å². The third-order valence-corrected chi connectivity index (χ3v) is 3.37. The number of ether oxygens (including phenoxy) is 1. The first-order valence-electron chi connectivity index (χ1n) is 6.03. The maximum atomic E-state index is 12.5. The van der Waals surface area contributed by atoms with Crippen molar-refractivity contribution in [1.29, 1.82) is 0 Å². The van der Waals surface area contributed by atoms with Crippen LogP contribution in [0.15, 0.2) is 42.5 Å². The van der Waals surface area contributed by atoms with Gasteiger partial charge in [0.2, 0.25) is 5.78 Å². The Labute approximate surface area is 114 Å². The Morgan fingerprint density at radius 1 is 1.00 bits per heavy atom. The molecule has 0 bridgehead atoms. The van der Waals surface area contributed by atoms with E-state index in [4.69, 9.17) is 4.74 Å². The molecule has 102 valence electrons. The fourth-order valence-corrected chi connectivity index (χ4v) is 2.24. The maximum Gasteiger partial charge on any atom is 0.206 e. The van der Waals surface area contributed by atoms with Gasteiger partial charge in [0, 0.05) is 6.07 Å². The number of phenols is 2. The van der Waals surface area contributed by atoms with Crippen molar-refractivity contribution < 1.29 is 24.9 Å². The van der Waals surface area contributed by atoms with Gasteiger partial charge in [-0.3, -0.25) is 4.79 Å². The van der Waals surface area contributed by atoms with E-state index in [1.54, 1.807) is 0 Å². The zero-order valence-corrected chi connectivity index (χ0v) is 10.4. The molecule has 0 aliphatic carbocycles. The van der Waals surface area contributed by atoms with Crippen molar-refractivity contribution in [1.82, 2.24) is 0 Å². The lowest BCUT2D eigenvalue weighted by Crippen LogP contribution is -2.44. The molecule has 0 aromatic heterocycles. The Kier molecular flexibility index (Phi) is 2.65. The minimum atomic E-state index is -1.79. The lowest BCUT2D eigenvalue weighted by Gasteiger charge is -2.32. The molecule has 3 N–H and O–H groups in total. The number of hydrogen-bond acceptors (Lipinski definition) is 5. The monoisotopic (exact) mass is 272 g/mol. The van der Waals surface area contributed by atoms with Gasteiger partial charge < -0.3 is 20.1 Å². The summed E-state index contributed by atoms with van der Waals surface area (Å²) in [7, 11) is 0. The molecule has 0 unspecified atom stereocenters. The highest BCUT2D eigenvalue weighted by molar-refractivity contribution is 6.06. The SMILES string of the molecule is O=C1c2ccc(O)cc2OC[C@@]1(O)c1ccc(O)cc1. The van der Waals surface area contributed by atoms with Gasteiger partial charge in [-0.05, 0) is 29.8 Å². The maximum absolute atomic E-state index is 12.5. The Hall–Kier alpha value is -2.53. The lowest BCUT2D eigenvalue weighted by molar-refractivity contribution is -0.00512. The molecule has 1 aliphatic rings. The van der Waals surface area contributed by atoms with Gasteiger partial charge in [-0.15, -0.1) is 0 Å². The van der Waals surface area contributed by atoms with Crippen molar-refractivity contribution in [3.8, 4) is 17.2 Å². The minimum absolute atomic E-state index is 0.00776. The molecule has 0 saturated carbocycles. The van der Waals surface area contributed by atoms with Gasteiger partial charge >= 0.3 is 0 Å². The van der Waals surface area contributed by atoms with Crippen LogP contribution in [0.25, 0.3) is 0 Å². The van der Waals surface area contributed by atoms with Crippen LogP contribution in [0.4, 0.5) is 0 Å². The second-order valence-corrected chi connectivity index (χ2v) is 4.71. The van der Waals surface area contributed by atoms with Crippen LogP contribution in [0.2, 0.25) is 0 Å². The molecule has 2 aromatic carbocycles. The number of aromatic hydroxyl groups is 2. The van der Waals surface area contributed by atoms with Crippen LogP contribution in [0, 0.1) is 0 Å². The Balaban J connectivity index is 2.06. The van der Waals surface area contributed by atoms with Gasteiger partial charge in [0.1, 0.15) is 23.9 Å². The number of hydrogen-bond donors (Lipinski definition) is 3. The number of carbonyl (C=O) groups excluding carboxylic acids is 1. The van der Waals surface area contributed by atoms with Crippen LogP contribution in [0.1, 0.15) is 15.9 Å². The van der Waals surface area contributed by atoms with Gasteiger partial charge in [-0.1, -0.05) is 12.1 Å². The molecule has 1 heterocycles. The van der Waals surface area contributed by atoms with Crippen LogP contribution < -0.4 is 4.74 Å². The molecule has 1 aliphatic heterocycles. The fraction of sp³-hybridized carbons (Fsp3) is 0.133. The highest BCUT2D eigenvalue weighted by Gasteiger charge is 2.44. The molecule has 1 atom stereocenters. The minimum Gasteiger partial charge on any atom is -0.508 e. The van der Waals surface area contributed by atoms with E-state index < -0.39 is 11.4 Å². The molecule has 0 saturated heterocycles. The molecule has 2 aromatic rings. The first kappa shape index (κ1) is 12.5. The van der Waals surface area contributed by atoms with Crippen LogP contribution >= 0.6 is 0 Å². The summed E-state index contributed by atoms with van der Waals surface area (Å²) in [6, 6.07) is 9.85. The van der Waals surface area contributed by atoms with E-state index >= 15 is 0 Å². The highest BCUT2D eigenvalue weighted by atomic mass is 16.5. The summed E-state index contributed by atoms with van der Waals surface area (Å²) in [6.07, 6.45) is 0. The van der Waals surface area contributed by atoms with E-state index in [1.165, 1.54) is 42.5 Å². The van der Waals surface area contributed by atoms with Crippen molar-refractivity contribution in [3.63, 3.8) is 0 Å². The van der Waals surface area contributed by atoms with Crippen LogP contribution in [0.5, 0.6) is 17.2 Å². The summed E-state index contributed by atoms with van der Waals surface area (Å²) in [5.41, 5.74) is -1.24. The fourth-order valence-electron chi connectivity index (χ4n) is 2.24. The summed E-state index contributed by atoms with van der Waals surface area (Å²) >= 11 is 0. The summed E-state index contributed by atoms with van der Waals surface area (Å²) in [5.74, 6) is -0.207. The van der Waals surface area contributed by atoms with Gasteiger partial charge in [0.25, 0.3) is 0 Å². The zero-order chi connectivity index (χ0) is 14.3. The number of aliphatic hydroxyl groups is 1. The van der Waals surface area contributed by atoms with Crippen LogP contribution in [-0.4, -0.2) is 27.7 Å². The zero-order valence-electron chi connectivity index (χ0n) is 10.4. The summed E-state index contributed by atoms with van der Waals surface area (Å²) in [6.45, 7) is -0.243. The Morgan fingerprint density at radius 3 is 2.35 bits per heavy atom. The largest absolute Gasteiger partial charge is 0.508 e. The van der Waals surface area contributed by atoms with Crippen LogP contribution in [-0.2, 0) is 5.60 Å². The molecule has 0 fully saturated rings.